The molecule has 0 atom stereocenters. The van der Waals surface area contributed by atoms with E-state index in [1.165, 1.54) is 7.11 Å². The van der Waals surface area contributed by atoms with Gasteiger partial charge in [-0.15, -0.1) is 10.2 Å². The Hall–Kier alpha value is -2.89. The zero-order valence-corrected chi connectivity index (χ0v) is 10.6. The highest BCUT2D eigenvalue weighted by Gasteiger charge is 2.17. The van der Waals surface area contributed by atoms with Crippen molar-refractivity contribution in [2.75, 3.05) is 7.11 Å². The number of carbonyl (C=O) groups is 1. The number of pyridine rings is 1. The maximum atomic E-state index is 11.8. The summed E-state index contributed by atoms with van der Waals surface area (Å²) in [5.74, 6) is -0.0346. The van der Waals surface area contributed by atoms with Crippen molar-refractivity contribution in [2.24, 2.45) is 0 Å². The first-order valence-electron chi connectivity index (χ1n) is 5.93. The van der Waals surface area contributed by atoms with E-state index in [9.17, 15) is 9.90 Å². The number of carbonyl (C=O) groups excluding carboxylic acids is 1. The molecule has 1 N–H and O–H groups in total. The Balaban J connectivity index is 2.33. The molecular formula is C14H11N3O3. The van der Waals surface area contributed by atoms with Crippen molar-refractivity contribution in [3.63, 3.8) is 0 Å². The summed E-state index contributed by atoms with van der Waals surface area (Å²) in [6.45, 7) is 0. The van der Waals surface area contributed by atoms with Gasteiger partial charge in [-0.25, -0.2) is 4.79 Å². The van der Waals surface area contributed by atoms with Crippen LogP contribution in [0.15, 0.2) is 42.5 Å². The third kappa shape index (κ3) is 1.78. The maximum absolute atomic E-state index is 11.8. The Morgan fingerprint density at radius 2 is 1.95 bits per heavy atom. The first kappa shape index (κ1) is 12.2. The molecule has 0 aliphatic carbocycles. The first-order chi connectivity index (χ1) is 9.72. The van der Waals surface area contributed by atoms with E-state index >= 15 is 0 Å². The van der Waals surface area contributed by atoms with Gasteiger partial charge in [-0.3, -0.25) is 4.40 Å². The third-order valence-electron chi connectivity index (χ3n) is 2.97. The lowest BCUT2D eigenvalue weighted by molar-refractivity contribution is 0.0592. The van der Waals surface area contributed by atoms with Gasteiger partial charge in [0.05, 0.1) is 12.7 Å². The Bertz CT molecular complexity index is 795. The number of nitrogens with zero attached hydrogens (tertiary/aromatic N) is 3. The molecule has 0 amide bonds. The second-order valence-electron chi connectivity index (χ2n) is 4.14. The molecule has 3 aromatic rings. The second kappa shape index (κ2) is 4.65. The highest BCUT2D eigenvalue weighted by Crippen LogP contribution is 2.28. The lowest BCUT2D eigenvalue weighted by Crippen LogP contribution is -2.08. The van der Waals surface area contributed by atoms with Crippen molar-refractivity contribution in [3.8, 4) is 17.1 Å². The smallest absolute Gasteiger partial charge is 0.355 e. The monoisotopic (exact) mass is 269 g/mol. The molecule has 0 bridgehead atoms. The maximum Gasteiger partial charge on any atom is 0.355 e. The Morgan fingerprint density at radius 1 is 1.15 bits per heavy atom. The number of phenolic OH excluding ortho intramolecular Hbond substituents is 1. The number of rotatable bonds is 2. The van der Waals surface area contributed by atoms with Crippen LogP contribution in [0.3, 0.4) is 0 Å². The van der Waals surface area contributed by atoms with Gasteiger partial charge in [-0.1, -0.05) is 18.2 Å². The summed E-state index contributed by atoms with van der Waals surface area (Å²) in [5.41, 5.74) is 1.30. The largest absolute Gasteiger partial charge is 0.507 e. The minimum absolute atomic E-state index is 0.0708. The van der Waals surface area contributed by atoms with Crippen LogP contribution in [0.2, 0.25) is 0 Å². The Morgan fingerprint density at radius 3 is 2.70 bits per heavy atom. The van der Waals surface area contributed by atoms with Crippen LogP contribution in [-0.2, 0) is 4.74 Å². The molecule has 3 rings (SSSR count). The molecule has 2 aromatic heterocycles. The summed E-state index contributed by atoms with van der Waals surface area (Å²) in [6.07, 6.45) is 0. The summed E-state index contributed by atoms with van der Waals surface area (Å²) < 4.78 is 6.31. The van der Waals surface area contributed by atoms with Gasteiger partial charge in [0.25, 0.3) is 0 Å². The molecule has 0 aliphatic rings. The van der Waals surface area contributed by atoms with E-state index in [2.05, 4.69) is 10.2 Å². The SMILES string of the molecule is COC(=O)c1cccc2nnc(-c3ccccc3O)n12. The van der Waals surface area contributed by atoms with Crippen LogP contribution in [0.5, 0.6) is 5.75 Å². The summed E-state index contributed by atoms with van der Waals surface area (Å²) in [7, 11) is 1.31. The van der Waals surface area contributed by atoms with Gasteiger partial charge >= 0.3 is 5.97 Å². The average molecular weight is 269 g/mol. The molecule has 0 unspecified atom stereocenters. The molecular weight excluding hydrogens is 258 g/mol. The van der Waals surface area contributed by atoms with E-state index in [1.54, 1.807) is 46.9 Å². The highest BCUT2D eigenvalue weighted by molar-refractivity contribution is 5.89. The number of para-hydroxylation sites is 1. The number of benzene rings is 1. The van der Waals surface area contributed by atoms with Crippen LogP contribution in [0.1, 0.15) is 10.5 Å². The lowest BCUT2D eigenvalue weighted by atomic mass is 10.2. The minimum atomic E-state index is -0.493. The summed E-state index contributed by atoms with van der Waals surface area (Å²) >= 11 is 0. The molecule has 2 heterocycles. The van der Waals surface area contributed by atoms with Crippen molar-refractivity contribution in [1.82, 2.24) is 14.6 Å². The van der Waals surface area contributed by atoms with Gasteiger partial charge in [0, 0.05) is 0 Å². The van der Waals surface area contributed by atoms with Crippen LogP contribution in [-0.4, -0.2) is 32.8 Å². The van der Waals surface area contributed by atoms with E-state index in [-0.39, 0.29) is 5.75 Å². The third-order valence-corrected chi connectivity index (χ3v) is 2.97. The van der Waals surface area contributed by atoms with E-state index in [0.717, 1.165) is 0 Å². The van der Waals surface area contributed by atoms with Gasteiger partial charge in [0.1, 0.15) is 11.4 Å². The molecule has 0 saturated heterocycles. The predicted octanol–water partition coefficient (Wildman–Crippen LogP) is 1.89. The van der Waals surface area contributed by atoms with Gasteiger partial charge < -0.3 is 9.84 Å². The molecule has 0 radical (unpaired) electrons. The van der Waals surface area contributed by atoms with E-state index in [4.69, 9.17) is 4.74 Å². The topological polar surface area (TPSA) is 76.7 Å². The van der Waals surface area contributed by atoms with E-state index in [0.29, 0.717) is 22.7 Å². The molecule has 0 saturated carbocycles. The standard InChI is InChI=1S/C14H11N3O3/c1-20-14(19)10-6-4-8-12-15-16-13(17(10)12)9-5-2-3-7-11(9)18/h2-8,18H,1H3. The number of hydrogen-bond donors (Lipinski definition) is 1. The number of esters is 1. The molecule has 6 nitrogen and oxygen atoms in total. The van der Waals surface area contributed by atoms with Crippen molar-refractivity contribution in [3.05, 3.63) is 48.2 Å². The van der Waals surface area contributed by atoms with Gasteiger partial charge in [0.2, 0.25) is 0 Å². The predicted molar refractivity (Wildman–Crippen MR) is 71.4 cm³/mol. The van der Waals surface area contributed by atoms with E-state index in [1.807, 2.05) is 0 Å². The van der Waals surface area contributed by atoms with Crippen LogP contribution in [0.4, 0.5) is 0 Å². The van der Waals surface area contributed by atoms with Crippen LogP contribution in [0.25, 0.3) is 17.0 Å². The summed E-state index contributed by atoms with van der Waals surface area (Å²) in [4.78, 5) is 11.8. The van der Waals surface area contributed by atoms with Gasteiger partial charge in [-0.2, -0.15) is 0 Å². The fraction of sp³-hybridized carbons (Fsp3) is 0.0714. The molecule has 20 heavy (non-hydrogen) atoms. The van der Waals surface area contributed by atoms with E-state index < -0.39 is 5.97 Å². The highest BCUT2D eigenvalue weighted by atomic mass is 16.5. The average Bonchev–Trinajstić information content (AvgIpc) is 2.91. The molecule has 100 valence electrons. The minimum Gasteiger partial charge on any atom is -0.507 e. The summed E-state index contributed by atoms with van der Waals surface area (Å²) in [6, 6.07) is 11.8. The van der Waals surface area contributed by atoms with Crippen molar-refractivity contribution in [1.29, 1.82) is 0 Å². The lowest BCUT2D eigenvalue weighted by Gasteiger charge is -2.06. The number of hydrogen-bond acceptors (Lipinski definition) is 5. The van der Waals surface area contributed by atoms with Crippen LogP contribution >= 0.6 is 0 Å². The Kier molecular flexibility index (Phi) is 2.83. The zero-order valence-electron chi connectivity index (χ0n) is 10.6. The number of fused-ring (bicyclic) bond motifs is 1. The van der Waals surface area contributed by atoms with Crippen molar-refractivity contribution in [2.45, 2.75) is 0 Å². The number of aromatic nitrogens is 3. The second-order valence-corrected chi connectivity index (χ2v) is 4.14. The van der Waals surface area contributed by atoms with Gasteiger partial charge in [0.15, 0.2) is 11.5 Å². The molecule has 0 fully saturated rings. The Labute approximate surface area is 114 Å². The van der Waals surface area contributed by atoms with Crippen molar-refractivity contribution >= 4 is 11.6 Å². The van der Waals surface area contributed by atoms with Crippen LogP contribution in [0, 0.1) is 0 Å². The normalized spacial score (nSPS) is 10.7. The molecule has 6 heteroatoms. The van der Waals surface area contributed by atoms with Gasteiger partial charge in [-0.05, 0) is 24.3 Å². The number of ether oxygens (including phenoxy) is 1. The number of methoxy groups -OCH3 is 1. The quantitative estimate of drug-likeness (QED) is 0.719. The fourth-order valence-electron chi connectivity index (χ4n) is 2.04. The first-order valence-corrected chi connectivity index (χ1v) is 5.93. The zero-order chi connectivity index (χ0) is 14.1. The fourth-order valence-corrected chi connectivity index (χ4v) is 2.04. The number of phenols is 1. The van der Waals surface area contributed by atoms with Crippen molar-refractivity contribution < 1.29 is 14.6 Å². The molecule has 0 spiro atoms. The summed E-state index contributed by atoms with van der Waals surface area (Å²) in [5, 5.41) is 18.0. The number of aromatic hydroxyl groups is 1. The van der Waals surface area contributed by atoms with Crippen LogP contribution < -0.4 is 0 Å². The molecule has 0 aliphatic heterocycles. The molecule has 1 aromatic carbocycles.